The number of nitrogens with zero attached hydrogens (tertiary/aromatic N) is 4. The van der Waals surface area contributed by atoms with E-state index in [2.05, 4.69) is 44.6 Å². The third-order valence-corrected chi connectivity index (χ3v) is 10.8. The number of nitrogens with one attached hydrogen (secondary N) is 4. The fourth-order valence-electron chi connectivity index (χ4n) is 7.75. The number of imidazole rings is 2. The number of H-pyrrole nitrogens is 2. The van der Waals surface area contributed by atoms with Crippen LogP contribution in [0, 0.1) is 37.5 Å². The number of likely N-dealkylation sites (tertiary alicyclic amines) is 2. The number of amides is 4. The van der Waals surface area contributed by atoms with Crippen molar-refractivity contribution in [2.24, 2.45) is 11.8 Å². The molecular formula is C42H52N8O6. The fourth-order valence-corrected chi connectivity index (χ4v) is 7.75. The Morgan fingerprint density at radius 3 is 1.88 bits per heavy atom. The van der Waals surface area contributed by atoms with E-state index < -0.39 is 24.3 Å². The van der Waals surface area contributed by atoms with Crippen LogP contribution < -0.4 is 10.6 Å². The topological polar surface area (TPSA) is 175 Å². The van der Waals surface area contributed by atoms with Gasteiger partial charge in [0.1, 0.15) is 23.7 Å². The second-order valence-corrected chi connectivity index (χ2v) is 15.4. The molecule has 0 aliphatic carbocycles. The zero-order valence-electron chi connectivity index (χ0n) is 33.4. The number of benzene rings is 2. The van der Waals surface area contributed by atoms with Gasteiger partial charge in [0.25, 0.3) is 0 Å². The van der Waals surface area contributed by atoms with Crippen LogP contribution in [0.3, 0.4) is 0 Å². The third-order valence-electron chi connectivity index (χ3n) is 10.8. The van der Waals surface area contributed by atoms with Gasteiger partial charge in [0, 0.05) is 29.8 Å². The van der Waals surface area contributed by atoms with Crippen LogP contribution in [0.15, 0.2) is 36.5 Å². The molecular weight excluding hydrogens is 713 g/mol. The van der Waals surface area contributed by atoms with Crippen molar-refractivity contribution < 1.29 is 28.7 Å². The number of aryl methyl sites for hydroxylation is 2. The number of aromatic amines is 2. The molecule has 0 saturated carbocycles. The molecule has 2 aromatic heterocycles. The lowest BCUT2D eigenvalue weighted by Gasteiger charge is -2.30. The molecule has 0 bridgehead atoms. The van der Waals surface area contributed by atoms with E-state index in [0.717, 1.165) is 70.2 Å². The van der Waals surface area contributed by atoms with Gasteiger partial charge >= 0.3 is 12.2 Å². The molecule has 14 nitrogen and oxygen atoms in total. The molecule has 2 fully saturated rings. The first-order valence-electron chi connectivity index (χ1n) is 19.3. The van der Waals surface area contributed by atoms with Gasteiger partial charge in [-0.1, -0.05) is 39.5 Å². The average Bonchev–Trinajstić information content (AvgIpc) is 4.00. The maximum atomic E-state index is 13.6. The number of hydrogen-bond acceptors (Lipinski definition) is 8. The lowest BCUT2D eigenvalue weighted by molar-refractivity contribution is -0.136. The van der Waals surface area contributed by atoms with E-state index >= 15 is 0 Å². The van der Waals surface area contributed by atoms with Crippen LogP contribution in [0.4, 0.5) is 9.59 Å². The van der Waals surface area contributed by atoms with Crippen molar-refractivity contribution in [2.45, 2.75) is 91.4 Å². The quantitative estimate of drug-likeness (QED) is 0.149. The molecule has 4 unspecified atom stereocenters. The summed E-state index contributed by atoms with van der Waals surface area (Å²) in [4.78, 5) is 71.2. The van der Waals surface area contributed by atoms with E-state index in [4.69, 9.17) is 19.4 Å². The summed E-state index contributed by atoms with van der Waals surface area (Å²) in [5, 5.41) is 5.39. The molecule has 14 heteroatoms. The first kappa shape index (κ1) is 39.8. The number of carbonyl (C=O) groups is 4. The molecule has 4 aromatic rings. The minimum Gasteiger partial charge on any atom is -0.453 e. The van der Waals surface area contributed by atoms with Crippen molar-refractivity contribution in [2.75, 3.05) is 27.3 Å². The first-order chi connectivity index (χ1) is 26.8. The number of alkyl carbamates (subject to hydrolysis) is 2. The minimum atomic E-state index is -0.700. The van der Waals surface area contributed by atoms with E-state index in [9.17, 15) is 19.2 Å². The molecule has 0 spiro atoms. The Morgan fingerprint density at radius 2 is 1.34 bits per heavy atom. The van der Waals surface area contributed by atoms with Gasteiger partial charge in [-0.25, -0.2) is 19.6 Å². The van der Waals surface area contributed by atoms with Gasteiger partial charge < -0.3 is 39.9 Å². The zero-order valence-corrected chi connectivity index (χ0v) is 33.4. The van der Waals surface area contributed by atoms with Crippen LogP contribution in [0.5, 0.6) is 0 Å². The summed E-state index contributed by atoms with van der Waals surface area (Å²) in [6, 6.07) is 8.19. The highest BCUT2D eigenvalue weighted by atomic mass is 16.5. The predicted octanol–water partition coefficient (Wildman–Crippen LogP) is 6.06. The van der Waals surface area contributed by atoms with E-state index in [1.165, 1.54) is 14.2 Å². The van der Waals surface area contributed by atoms with Gasteiger partial charge in [-0.3, -0.25) is 9.59 Å². The Kier molecular flexibility index (Phi) is 12.0. The van der Waals surface area contributed by atoms with Crippen molar-refractivity contribution in [1.82, 2.24) is 40.4 Å². The lowest BCUT2D eigenvalue weighted by atomic mass is 9.98. The molecule has 4 heterocycles. The van der Waals surface area contributed by atoms with Crippen molar-refractivity contribution in [3.8, 4) is 23.1 Å². The summed E-state index contributed by atoms with van der Waals surface area (Å²) in [7, 11) is 2.57. The Balaban J connectivity index is 1.17. The molecule has 2 aliphatic heterocycles. The van der Waals surface area contributed by atoms with E-state index in [0.29, 0.717) is 24.7 Å². The van der Waals surface area contributed by atoms with Crippen LogP contribution in [-0.2, 0) is 19.1 Å². The zero-order chi connectivity index (χ0) is 40.3. The highest BCUT2D eigenvalue weighted by Gasteiger charge is 2.39. The SMILES string of the molecule is COC(=O)NC(C(=O)N1CCCC1c1ncc(-c2cc(C)c(C#Cc3ccc4nc(C5CCCN5C(=O)C(NC(=O)OC)C(C)C)[nH]c4c3)c(C)c2)[nH]1)C(C)C. The normalized spacial score (nSPS) is 17.8. The molecule has 4 atom stereocenters. The Labute approximate surface area is 327 Å². The van der Waals surface area contributed by atoms with Crippen molar-refractivity contribution in [3.05, 3.63) is 70.4 Å². The van der Waals surface area contributed by atoms with Crippen molar-refractivity contribution >= 4 is 35.0 Å². The molecule has 2 aliphatic rings. The smallest absolute Gasteiger partial charge is 0.407 e. The predicted molar refractivity (Wildman–Crippen MR) is 211 cm³/mol. The monoisotopic (exact) mass is 764 g/mol. The molecule has 4 amide bonds. The summed E-state index contributed by atoms with van der Waals surface area (Å²) in [6.45, 7) is 12.8. The molecule has 2 aromatic carbocycles. The summed E-state index contributed by atoms with van der Waals surface area (Å²) in [6.07, 6.45) is 3.76. The van der Waals surface area contributed by atoms with E-state index in [1.807, 2.05) is 59.7 Å². The fraction of sp³-hybridized carbons (Fsp3) is 0.476. The summed E-state index contributed by atoms with van der Waals surface area (Å²) < 4.78 is 9.52. The number of carbonyl (C=O) groups excluding carboxylic acids is 4. The van der Waals surface area contributed by atoms with Gasteiger partial charge in [-0.05, 0) is 92.8 Å². The third kappa shape index (κ3) is 8.36. The summed E-state index contributed by atoms with van der Waals surface area (Å²) in [5.41, 5.74) is 7.24. The number of aromatic nitrogens is 4. The van der Waals surface area contributed by atoms with Crippen LogP contribution in [-0.4, -0.2) is 93.1 Å². The lowest BCUT2D eigenvalue weighted by Crippen LogP contribution is -2.51. The van der Waals surface area contributed by atoms with E-state index in [-0.39, 0.29) is 35.7 Å². The Hall–Kier alpha value is -5.84. The van der Waals surface area contributed by atoms with Crippen LogP contribution in [0.25, 0.3) is 22.3 Å². The molecule has 6 rings (SSSR count). The van der Waals surface area contributed by atoms with Gasteiger partial charge in [-0.15, -0.1) is 0 Å². The molecule has 296 valence electrons. The van der Waals surface area contributed by atoms with Crippen LogP contribution in [0.1, 0.15) is 99.4 Å². The Bertz CT molecular complexity index is 2150. The first-order valence-corrected chi connectivity index (χ1v) is 19.3. The Morgan fingerprint density at radius 1 is 0.786 bits per heavy atom. The van der Waals surface area contributed by atoms with Gasteiger partial charge in [-0.2, -0.15) is 0 Å². The van der Waals surface area contributed by atoms with Gasteiger partial charge in [0.2, 0.25) is 11.8 Å². The minimum absolute atomic E-state index is 0.113. The average molecular weight is 765 g/mol. The second kappa shape index (κ2) is 16.9. The summed E-state index contributed by atoms with van der Waals surface area (Å²) in [5.74, 6) is 7.62. The van der Waals surface area contributed by atoms with Crippen LogP contribution >= 0.6 is 0 Å². The van der Waals surface area contributed by atoms with E-state index in [1.54, 1.807) is 16.0 Å². The number of hydrogen-bond donors (Lipinski definition) is 4. The number of fused-ring (bicyclic) bond motifs is 1. The molecule has 2 saturated heterocycles. The molecule has 56 heavy (non-hydrogen) atoms. The number of ether oxygens (including phenoxy) is 2. The maximum absolute atomic E-state index is 13.6. The maximum Gasteiger partial charge on any atom is 0.407 e. The number of methoxy groups -OCH3 is 2. The standard InChI is InChI=1S/C42H52N8O6/c1-23(2)35(47-41(53)55-7)39(51)49-17-9-11-33(49)37-43-22-32(46-37)28-19-25(5)29(26(6)20-28)15-13-27-14-16-30-31(21-27)45-38(44-30)34-12-10-18-50(34)40(52)36(24(3)4)48-42(54)56-8/h14,16,19-24,33-36H,9-12,17-18H2,1-8H3,(H,43,46)(H,44,45)(H,47,53)(H,48,54). The molecule has 0 radical (unpaired) electrons. The van der Waals surface area contributed by atoms with Crippen LogP contribution in [0.2, 0.25) is 0 Å². The molecule has 4 N–H and O–H groups in total. The van der Waals surface area contributed by atoms with Gasteiger partial charge in [0.15, 0.2) is 0 Å². The van der Waals surface area contributed by atoms with Crippen molar-refractivity contribution in [1.29, 1.82) is 0 Å². The number of rotatable bonds is 9. The van der Waals surface area contributed by atoms with Crippen molar-refractivity contribution in [3.63, 3.8) is 0 Å². The van der Waals surface area contributed by atoms with Gasteiger partial charge in [0.05, 0.1) is 49.2 Å². The second-order valence-electron chi connectivity index (χ2n) is 15.4. The highest BCUT2D eigenvalue weighted by Crippen LogP contribution is 2.35. The summed E-state index contributed by atoms with van der Waals surface area (Å²) >= 11 is 0. The highest BCUT2D eigenvalue weighted by molar-refractivity contribution is 5.87. The largest absolute Gasteiger partial charge is 0.453 e.